The Morgan fingerprint density at radius 3 is 3.00 bits per heavy atom. The molecule has 1 aromatic heterocycles. The fraction of sp³-hybridized carbons (Fsp3) is 0.353. The van der Waals surface area contributed by atoms with Gasteiger partial charge in [-0.1, -0.05) is 12.1 Å². The van der Waals surface area contributed by atoms with Crippen molar-refractivity contribution in [2.45, 2.75) is 33.0 Å². The summed E-state index contributed by atoms with van der Waals surface area (Å²) in [6.45, 7) is 3.78. The van der Waals surface area contributed by atoms with E-state index in [4.69, 9.17) is 0 Å². The predicted molar refractivity (Wildman–Crippen MR) is 88.7 cm³/mol. The molecular weight excluding hydrogens is 309 g/mol. The second kappa shape index (κ2) is 7.35. The molecule has 3 N–H and O–H groups in total. The van der Waals surface area contributed by atoms with Crippen LogP contribution in [0.2, 0.25) is 0 Å². The first kappa shape index (κ1) is 16.3. The van der Waals surface area contributed by atoms with Gasteiger partial charge in [-0.25, -0.2) is 14.4 Å². The van der Waals surface area contributed by atoms with Crippen LogP contribution in [-0.2, 0) is 30.8 Å². The van der Waals surface area contributed by atoms with Gasteiger partial charge in [0.25, 0.3) is 0 Å². The summed E-state index contributed by atoms with van der Waals surface area (Å²) in [5, 5.41) is 9.29. The molecule has 0 bridgehead atoms. The lowest BCUT2D eigenvalue weighted by Gasteiger charge is -2.21. The first-order valence-corrected chi connectivity index (χ1v) is 7.94. The highest BCUT2D eigenvalue weighted by atomic mass is 19.1. The van der Waals surface area contributed by atoms with Crippen LogP contribution in [0.4, 0.5) is 10.2 Å². The number of carbonyl (C=O) groups excluding carboxylic acids is 1. The number of fused-ring (bicyclic) bond motifs is 1. The molecule has 0 unspecified atom stereocenters. The zero-order valence-corrected chi connectivity index (χ0v) is 13.5. The lowest BCUT2D eigenvalue weighted by Crippen LogP contribution is -2.28. The Kier molecular flexibility index (Phi) is 5.00. The Bertz CT molecular complexity index is 750. The molecule has 1 aromatic carbocycles. The summed E-state index contributed by atoms with van der Waals surface area (Å²) in [4.78, 5) is 20.2. The van der Waals surface area contributed by atoms with E-state index in [2.05, 4.69) is 25.9 Å². The van der Waals surface area contributed by atoms with Crippen LogP contribution in [0.5, 0.6) is 0 Å². The van der Waals surface area contributed by atoms with Crippen LogP contribution in [0, 0.1) is 5.82 Å². The number of rotatable bonds is 5. The van der Waals surface area contributed by atoms with Gasteiger partial charge in [0.05, 0.1) is 12.2 Å². The zero-order chi connectivity index (χ0) is 16.9. The Morgan fingerprint density at radius 1 is 1.33 bits per heavy atom. The van der Waals surface area contributed by atoms with Crippen LogP contribution >= 0.6 is 0 Å². The molecule has 0 saturated carbocycles. The van der Waals surface area contributed by atoms with Crippen molar-refractivity contribution in [3.63, 3.8) is 0 Å². The van der Waals surface area contributed by atoms with E-state index >= 15 is 0 Å². The molecular formula is C17H20FN5O. The number of carbonyl (C=O) groups is 1. The van der Waals surface area contributed by atoms with Crippen LogP contribution in [0.3, 0.4) is 0 Å². The van der Waals surface area contributed by atoms with E-state index in [0.717, 1.165) is 35.6 Å². The van der Waals surface area contributed by atoms with Crippen molar-refractivity contribution in [1.29, 1.82) is 0 Å². The van der Waals surface area contributed by atoms with Crippen molar-refractivity contribution in [2.75, 3.05) is 11.9 Å². The van der Waals surface area contributed by atoms with Gasteiger partial charge in [-0.05, 0) is 30.7 Å². The molecule has 6 nitrogen and oxygen atoms in total. The maximum atomic E-state index is 13.3. The number of nitrogens with one attached hydrogen (secondary N) is 3. The quantitative estimate of drug-likeness (QED) is 0.775. The van der Waals surface area contributed by atoms with Crippen molar-refractivity contribution in [2.24, 2.45) is 0 Å². The summed E-state index contributed by atoms with van der Waals surface area (Å²) in [6.07, 6.45) is 0.835. The molecule has 0 atom stereocenters. The first-order chi connectivity index (χ1) is 11.6. The Labute approximate surface area is 139 Å². The lowest BCUT2D eigenvalue weighted by molar-refractivity contribution is -0.119. The molecule has 7 heteroatoms. The van der Waals surface area contributed by atoms with E-state index in [1.165, 1.54) is 19.1 Å². The van der Waals surface area contributed by atoms with Crippen LogP contribution in [0.15, 0.2) is 24.3 Å². The molecule has 3 rings (SSSR count). The molecule has 2 aromatic rings. The normalized spacial score (nSPS) is 13.2. The topological polar surface area (TPSA) is 78.9 Å². The molecule has 126 valence electrons. The fourth-order valence-corrected chi connectivity index (χ4v) is 2.67. The molecule has 24 heavy (non-hydrogen) atoms. The number of halogens is 1. The summed E-state index contributed by atoms with van der Waals surface area (Å²) in [7, 11) is 0. The summed E-state index contributed by atoms with van der Waals surface area (Å²) in [5.74, 6) is 0.943. The van der Waals surface area contributed by atoms with Crippen LogP contribution in [0.25, 0.3) is 0 Å². The highest BCUT2D eigenvalue weighted by molar-refractivity contribution is 5.72. The van der Waals surface area contributed by atoms with Crippen molar-refractivity contribution in [3.05, 3.63) is 52.7 Å². The maximum Gasteiger partial charge on any atom is 0.217 e. The van der Waals surface area contributed by atoms with E-state index in [9.17, 15) is 9.18 Å². The average Bonchev–Trinajstić information content (AvgIpc) is 2.58. The van der Waals surface area contributed by atoms with E-state index in [0.29, 0.717) is 18.9 Å². The van der Waals surface area contributed by atoms with Crippen LogP contribution < -0.4 is 16.0 Å². The molecule has 0 spiro atoms. The van der Waals surface area contributed by atoms with E-state index < -0.39 is 0 Å². The van der Waals surface area contributed by atoms with Gasteiger partial charge in [0.2, 0.25) is 5.91 Å². The number of amides is 1. The predicted octanol–water partition coefficient (Wildman–Crippen LogP) is 1.51. The third-order valence-electron chi connectivity index (χ3n) is 3.83. The highest BCUT2D eigenvalue weighted by Gasteiger charge is 2.17. The minimum absolute atomic E-state index is 0.122. The number of benzene rings is 1. The summed E-state index contributed by atoms with van der Waals surface area (Å²) in [5.41, 5.74) is 2.87. The number of hydrogen-bond donors (Lipinski definition) is 3. The first-order valence-electron chi connectivity index (χ1n) is 7.94. The molecule has 1 aliphatic heterocycles. The van der Waals surface area contributed by atoms with Gasteiger partial charge < -0.3 is 16.0 Å². The van der Waals surface area contributed by atoms with Crippen molar-refractivity contribution < 1.29 is 9.18 Å². The summed E-state index contributed by atoms with van der Waals surface area (Å²) in [6, 6.07) is 6.48. The number of hydrogen-bond acceptors (Lipinski definition) is 5. The van der Waals surface area contributed by atoms with Gasteiger partial charge in [-0.15, -0.1) is 0 Å². The monoisotopic (exact) mass is 329 g/mol. The highest BCUT2D eigenvalue weighted by Crippen LogP contribution is 2.21. The number of aromatic nitrogens is 2. The van der Waals surface area contributed by atoms with Crippen LogP contribution in [-0.4, -0.2) is 22.4 Å². The molecule has 0 saturated heterocycles. The smallest absolute Gasteiger partial charge is 0.217 e. The Hall–Kier alpha value is -2.54. The van der Waals surface area contributed by atoms with Gasteiger partial charge >= 0.3 is 0 Å². The Balaban J connectivity index is 1.81. The molecule has 1 aliphatic rings. The third kappa shape index (κ3) is 4.05. The standard InChI is InChI=1S/C17H20FN5O/c1-11(24)20-10-16-22-15-9-19-6-5-14(15)17(23-16)21-8-12-3-2-4-13(18)7-12/h2-4,7,19H,5-6,8-10H2,1H3,(H,20,24)(H,21,22,23). The van der Waals surface area contributed by atoms with Gasteiger partial charge in [0.15, 0.2) is 0 Å². The maximum absolute atomic E-state index is 13.3. The molecule has 0 fully saturated rings. The largest absolute Gasteiger partial charge is 0.366 e. The summed E-state index contributed by atoms with van der Waals surface area (Å²) >= 11 is 0. The van der Waals surface area contributed by atoms with E-state index in [-0.39, 0.29) is 18.3 Å². The molecule has 2 heterocycles. The average molecular weight is 329 g/mol. The third-order valence-corrected chi connectivity index (χ3v) is 3.83. The van der Waals surface area contributed by atoms with E-state index in [1.54, 1.807) is 6.07 Å². The summed E-state index contributed by atoms with van der Waals surface area (Å²) < 4.78 is 13.3. The van der Waals surface area contributed by atoms with Gasteiger partial charge in [0, 0.05) is 25.6 Å². The van der Waals surface area contributed by atoms with Crippen molar-refractivity contribution in [1.82, 2.24) is 20.6 Å². The fourth-order valence-electron chi connectivity index (χ4n) is 2.67. The minimum atomic E-state index is -0.255. The molecule has 0 radical (unpaired) electrons. The number of nitrogens with zero attached hydrogens (tertiary/aromatic N) is 2. The Morgan fingerprint density at radius 2 is 2.21 bits per heavy atom. The SMILES string of the molecule is CC(=O)NCc1nc2c(c(NCc3cccc(F)c3)n1)CCNC2. The molecule has 1 amide bonds. The second-order valence-electron chi connectivity index (χ2n) is 5.73. The lowest BCUT2D eigenvalue weighted by atomic mass is 10.1. The van der Waals surface area contributed by atoms with Gasteiger partial charge in [0.1, 0.15) is 17.5 Å². The minimum Gasteiger partial charge on any atom is -0.366 e. The van der Waals surface area contributed by atoms with Gasteiger partial charge in [-0.3, -0.25) is 4.79 Å². The number of anilines is 1. The van der Waals surface area contributed by atoms with Crippen molar-refractivity contribution >= 4 is 11.7 Å². The zero-order valence-electron chi connectivity index (χ0n) is 13.5. The van der Waals surface area contributed by atoms with Crippen LogP contribution in [0.1, 0.15) is 29.6 Å². The van der Waals surface area contributed by atoms with Gasteiger partial charge in [-0.2, -0.15) is 0 Å². The second-order valence-corrected chi connectivity index (χ2v) is 5.73. The van der Waals surface area contributed by atoms with E-state index in [1.807, 2.05) is 6.07 Å². The molecule has 0 aliphatic carbocycles. The van der Waals surface area contributed by atoms with Crippen molar-refractivity contribution in [3.8, 4) is 0 Å².